The fraction of sp³-hybridized carbons (Fsp3) is 0.429. The third kappa shape index (κ3) is 5.39. The molecule has 0 spiro atoms. The van der Waals surface area contributed by atoms with Gasteiger partial charge in [0.1, 0.15) is 11.9 Å². The van der Waals surface area contributed by atoms with Crippen LogP contribution in [0.15, 0.2) is 48.7 Å². The van der Waals surface area contributed by atoms with E-state index in [4.69, 9.17) is 4.74 Å². The highest BCUT2D eigenvalue weighted by molar-refractivity contribution is 6.00. The summed E-state index contributed by atoms with van der Waals surface area (Å²) in [6.07, 6.45) is 2.06. The topological polar surface area (TPSA) is 87.0 Å². The van der Waals surface area contributed by atoms with Crippen LogP contribution in [0.1, 0.15) is 29.8 Å². The molecule has 2 aromatic carbocycles. The molecular formula is C28H36N4O4. The molecule has 1 aromatic heterocycles. The molecule has 0 aliphatic carbocycles. The Hall–Kier alpha value is -3.36. The van der Waals surface area contributed by atoms with Crippen molar-refractivity contribution in [2.45, 2.75) is 32.4 Å². The van der Waals surface area contributed by atoms with E-state index in [1.54, 1.807) is 23.1 Å². The van der Waals surface area contributed by atoms with E-state index >= 15 is 0 Å². The zero-order valence-corrected chi connectivity index (χ0v) is 21.7. The molecule has 8 nitrogen and oxygen atoms in total. The summed E-state index contributed by atoms with van der Waals surface area (Å²) < 4.78 is 8.35. The maximum atomic E-state index is 13.6. The highest BCUT2D eigenvalue weighted by Gasteiger charge is 2.33. The van der Waals surface area contributed by atoms with Gasteiger partial charge in [-0.3, -0.25) is 9.59 Å². The van der Waals surface area contributed by atoms with Crippen LogP contribution in [0.25, 0.3) is 10.9 Å². The standard InChI is InChI=1S/C28H36N4O4/c1-18-14-32(19(2)17-33)28(35)23-13-21(10-11-25(23)36-26(18)16-30(3)4)29-27(34)12-20-15-31(5)24-9-7-6-8-22(20)24/h6-11,13,15,18-19,26,33H,12,14,16-17H2,1-5H3,(H,29,34)/t18-,19-,26+/m0/s1. The van der Waals surface area contributed by atoms with Crippen LogP contribution in [0.5, 0.6) is 5.75 Å². The molecule has 1 aliphatic rings. The van der Waals surface area contributed by atoms with Crippen LogP contribution in [0, 0.1) is 5.92 Å². The molecule has 0 saturated carbocycles. The van der Waals surface area contributed by atoms with E-state index in [9.17, 15) is 14.7 Å². The highest BCUT2D eigenvalue weighted by Crippen LogP contribution is 2.31. The fourth-order valence-corrected chi connectivity index (χ4v) is 4.82. The molecule has 8 heteroatoms. The average molecular weight is 493 g/mol. The van der Waals surface area contributed by atoms with Crippen molar-refractivity contribution in [3.05, 3.63) is 59.8 Å². The van der Waals surface area contributed by atoms with Gasteiger partial charge in [0.05, 0.1) is 24.6 Å². The minimum absolute atomic E-state index is 0.0681. The van der Waals surface area contributed by atoms with Crippen molar-refractivity contribution < 1.29 is 19.4 Å². The zero-order chi connectivity index (χ0) is 26.0. The number of hydrogen-bond acceptors (Lipinski definition) is 5. The number of anilines is 1. The number of para-hydroxylation sites is 1. The molecule has 36 heavy (non-hydrogen) atoms. The second kappa shape index (κ2) is 10.7. The van der Waals surface area contributed by atoms with Crippen molar-refractivity contribution in [3.8, 4) is 5.75 Å². The number of aliphatic hydroxyl groups excluding tert-OH is 1. The molecule has 4 rings (SSSR count). The Bertz CT molecular complexity index is 1250. The first kappa shape index (κ1) is 25.7. The number of likely N-dealkylation sites (N-methyl/N-ethyl adjacent to an activating group) is 1. The number of carbonyl (C=O) groups excluding carboxylic acids is 2. The Morgan fingerprint density at radius 2 is 2.00 bits per heavy atom. The largest absolute Gasteiger partial charge is 0.488 e. The minimum Gasteiger partial charge on any atom is -0.488 e. The van der Waals surface area contributed by atoms with Gasteiger partial charge in [-0.2, -0.15) is 0 Å². The monoisotopic (exact) mass is 492 g/mol. The van der Waals surface area contributed by atoms with E-state index < -0.39 is 0 Å². The molecule has 2 amide bonds. The molecule has 3 aromatic rings. The van der Waals surface area contributed by atoms with E-state index in [1.807, 2.05) is 63.1 Å². The normalized spacial score (nSPS) is 19.0. The number of nitrogens with zero attached hydrogens (tertiary/aromatic N) is 3. The number of carbonyl (C=O) groups is 2. The van der Waals surface area contributed by atoms with E-state index in [1.165, 1.54) is 0 Å². The molecule has 0 saturated heterocycles. The van der Waals surface area contributed by atoms with E-state index in [2.05, 4.69) is 17.1 Å². The first-order valence-corrected chi connectivity index (χ1v) is 12.4. The van der Waals surface area contributed by atoms with Gasteiger partial charge in [-0.25, -0.2) is 0 Å². The Kier molecular flexibility index (Phi) is 7.66. The predicted molar refractivity (Wildman–Crippen MR) is 141 cm³/mol. The van der Waals surface area contributed by atoms with Gasteiger partial charge < -0.3 is 29.5 Å². The van der Waals surface area contributed by atoms with Gasteiger partial charge >= 0.3 is 0 Å². The molecule has 192 valence electrons. The van der Waals surface area contributed by atoms with Crippen LogP contribution in [0.4, 0.5) is 5.69 Å². The second-order valence-electron chi connectivity index (χ2n) is 10.1. The van der Waals surface area contributed by atoms with Crippen molar-refractivity contribution in [1.82, 2.24) is 14.4 Å². The van der Waals surface area contributed by atoms with Gasteiger partial charge in [-0.05, 0) is 50.8 Å². The lowest BCUT2D eigenvalue weighted by Gasteiger charge is -2.37. The van der Waals surface area contributed by atoms with Crippen molar-refractivity contribution in [2.24, 2.45) is 13.0 Å². The van der Waals surface area contributed by atoms with E-state index in [0.29, 0.717) is 30.1 Å². The Morgan fingerprint density at radius 3 is 2.72 bits per heavy atom. The van der Waals surface area contributed by atoms with Crippen molar-refractivity contribution in [3.63, 3.8) is 0 Å². The third-order valence-electron chi connectivity index (χ3n) is 6.82. The zero-order valence-electron chi connectivity index (χ0n) is 21.7. The van der Waals surface area contributed by atoms with Gasteiger partial charge in [0, 0.05) is 48.8 Å². The quantitative estimate of drug-likeness (QED) is 0.529. The summed E-state index contributed by atoms with van der Waals surface area (Å²) in [4.78, 5) is 30.3. The predicted octanol–water partition coefficient (Wildman–Crippen LogP) is 3.14. The summed E-state index contributed by atoms with van der Waals surface area (Å²) in [7, 11) is 5.95. The summed E-state index contributed by atoms with van der Waals surface area (Å²) in [6.45, 7) is 4.93. The number of ether oxygens (including phenoxy) is 1. The third-order valence-corrected chi connectivity index (χ3v) is 6.82. The van der Waals surface area contributed by atoms with E-state index in [-0.39, 0.29) is 42.9 Å². The molecule has 0 radical (unpaired) electrons. The summed E-state index contributed by atoms with van der Waals surface area (Å²) in [5.41, 5.74) is 2.93. The van der Waals surface area contributed by atoms with Crippen molar-refractivity contribution in [2.75, 3.05) is 39.1 Å². The number of benzene rings is 2. The van der Waals surface area contributed by atoms with Crippen LogP contribution in [0.3, 0.4) is 0 Å². The summed E-state index contributed by atoms with van der Waals surface area (Å²) in [5.74, 6) is 0.177. The lowest BCUT2D eigenvalue weighted by Crippen LogP contribution is -2.49. The van der Waals surface area contributed by atoms with E-state index in [0.717, 1.165) is 16.5 Å². The molecule has 0 unspecified atom stereocenters. The second-order valence-corrected chi connectivity index (χ2v) is 10.1. The first-order valence-electron chi connectivity index (χ1n) is 12.4. The number of amides is 2. The summed E-state index contributed by atoms with van der Waals surface area (Å²) in [5, 5.41) is 13.8. The Labute approximate surface area is 212 Å². The lowest BCUT2D eigenvalue weighted by molar-refractivity contribution is -0.115. The fourth-order valence-electron chi connectivity index (χ4n) is 4.82. The first-order chi connectivity index (χ1) is 17.2. The molecule has 2 heterocycles. The molecule has 0 fully saturated rings. The van der Waals surface area contributed by atoms with Crippen LogP contribution < -0.4 is 10.1 Å². The molecule has 2 N–H and O–H groups in total. The maximum Gasteiger partial charge on any atom is 0.258 e. The number of aliphatic hydroxyl groups is 1. The van der Waals surface area contributed by atoms with Crippen molar-refractivity contribution in [1.29, 1.82) is 0 Å². The van der Waals surface area contributed by atoms with Crippen LogP contribution in [0.2, 0.25) is 0 Å². The van der Waals surface area contributed by atoms with Gasteiger partial charge in [0.2, 0.25) is 5.91 Å². The van der Waals surface area contributed by atoms with Gasteiger partial charge in [-0.15, -0.1) is 0 Å². The van der Waals surface area contributed by atoms with Crippen LogP contribution in [-0.4, -0.2) is 77.2 Å². The van der Waals surface area contributed by atoms with Gasteiger partial charge in [0.15, 0.2) is 0 Å². The smallest absolute Gasteiger partial charge is 0.258 e. The number of hydrogen-bond donors (Lipinski definition) is 2. The lowest BCUT2D eigenvalue weighted by atomic mass is 9.99. The number of fused-ring (bicyclic) bond motifs is 2. The highest BCUT2D eigenvalue weighted by atomic mass is 16.5. The number of aromatic nitrogens is 1. The SMILES string of the molecule is C[C@H]1CN([C@@H](C)CO)C(=O)c2cc(NC(=O)Cc3cn(C)c4ccccc34)ccc2O[C@@H]1CN(C)C. The average Bonchev–Trinajstić information content (AvgIpc) is 3.16. The number of rotatable bonds is 7. The summed E-state index contributed by atoms with van der Waals surface area (Å²) >= 11 is 0. The Morgan fingerprint density at radius 1 is 1.25 bits per heavy atom. The molecule has 0 bridgehead atoms. The summed E-state index contributed by atoms with van der Waals surface area (Å²) in [6, 6.07) is 12.9. The number of nitrogens with one attached hydrogen (secondary N) is 1. The number of aryl methyl sites for hydroxylation is 1. The van der Waals surface area contributed by atoms with Gasteiger partial charge in [0.25, 0.3) is 5.91 Å². The Balaban J connectivity index is 1.60. The van der Waals surface area contributed by atoms with Crippen molar-refractivity contribution >= 4 is 28.4 Å². The van der Waals surface area contributed by atoms with Gasteiger partial charge in [-0.1, -0.05) is 25.1 Å². The maximum absolute atomic E-state index is 13.6. The molecular weight excluding hydrogens is 456 g/mol. The molecule has 1 aliphatic heterocycles. The van der Waals surface area contributed by atoms with Crippen LogP contribution >= 0.6 is 0 Å². The minimum atomic E-state index is -0.337. The molecule has 3 atom stereocenters. The van der Waals surface area contributed by atoms with Crippen LogP contribution in [-0.2, 0) is 18.3 Å².